The van der Waals surface area contributed by atoms with Crippen molar-refractivity contribution in [3.05, 3.63) is 29.6 Å². The van der Waals surface area contributed by atoms with Crippen LogP contribution in [0.5, 0.6) is 5.75 Å². The number of amides is 1. The molecule has 0 fully saturated rings. The minimum absolute atomic E-state index is 0.0980. The molecule has 1 amide bonds. The number of likely N-dealkylation sites (N-methyl/N-ethyl adjacent to an activating group) is 1. The zero-order valence-electron chi connectivity index (χ0n) is 10.8. The average Bonchev–Trinajstić information content (AvgIpc) is 2.37. The largest absolute Gasteiger partial charge is 0.494 e. The summed E-state index contributed by atoms with van der Waals surface area (Å²) in [5.41, 5.74) is 0.579. The smallest absolute Gasteiger partial charge is 0.227 e. The summed E-state index contributed by atoms with van der Waals surface area (Å²) in [5, 5.41) is 8.96. The van der Waals surface area contributed by atoms with Crippen LogP contribution in [0.25, 0.3) is 0 Å². The molecule has 0 spiro atoms. The van der Waals surface area contributed by atoms with Crippen LogP contribution in [0.2, 0.25) is 0 Å². The second-order valence-corrected chi connectivity index (χ2v) is 4.18. The van der Waals surface area contributed by atoms with E-state index in [2.05, 4.69) is 0 Å². The Hall–Kier alpha value is -1.62. The lowest BCUT2D eigenvalue weighted by molar-refractivity contribution is -0.131. The second kappa shape index (κ2) is 6.35. The van der Waals surface area contributed by atoms with E-state index in [1.807, 2.05) is 0 Å². The van der Waals surface area contributed by atoms with Crippen LogP contribution >= 0.6 is 0 Å². The molecule has 0 bridgehead atoms. The molecule has 5 heteroatoms. The third-order valence-electron chi connectivity index (χ3n) is 2.89. The zero-order chi connectivity index (χ0) is 13.7. The van der Waals surface area contributed by atoms with E-state index in [4.69, 9.17) is 9.84 Å². The van der Waals surface area contributed by atoms with Gasteiger partial charge in [0.15, 0.2) is 11.6 Å². The Morgan fingerprint density at radius 1 is 1.56 bits per heavy atom. The lowest BCUT2D eigenvalue weighted by atomic mass is 10.1. The molecule has 1 rings (SSSR count). The van der Waals surface area contributed by atoms with Gasteiger partial charge in [0.2, 0.25) is 5.91 Å². The van der Waals surface area contributed by atoms with Crippen molar-refractivity contribution in [1.29, 1.82) is 0 Å². The fourth-order valence-electron chi connectivity index (χ4n) is 1.49. The molecule has 18 heavy (non-hydrogen) atoms. The Balaban J connectivity index is 2.73. The Kier molecular flexibility index (Phi) is 5.09. The maximum Gasteiger partial charge on any atom is 0.227 e. The Bertz CT molecular complexity index is 423. The maximum atomic E-state index is 13.4. The third kappa shape index (κ3) is 3.43. The number of halogens is 1. The van der Waals surface area contributed by atoms with E-state index in [0.717, 1.165) is 0 Å². The predicted octanol–water partition coefficient (Wildman–Crippen LogP) is 1.22. The van der Waals surface area contributed by atoms with Crippen LogP contribution in [-0.4, -0.2) is 42.7 Å². The van der Waals surface area contributed by atoms with Crippen molar-refractivity contribution >= 4 is 5.91 Å². The van der Waals surface area contributed by atoms with E-state index in [1.165, 1.54) is 24.1 Å². The maximum absolute atomic E-state index is 13.4. The van der Waals surface area contributed by atoms with E-state index < -0.39 is 5.82 Å². The number of ether oxygens (including phenoxy) is 1. The standard InChI is InChI=1S/C13H18FNO3/c1-9(8-16)15(2)13(17)7-10-4-5-12(18-3)11(14)6-10/h4-6,9,16H,7-8H2,1-3H3. The molecular weight excluding hydrogens is 237 g/mol. The summed E-state index contributed by atoms with van der Waals surface area (Å²) < 4.78 is 18.2. The summed E-state index contributed by atoms with van der Waals surface area (Å²) in [5.74, 6) is -0.495. The van der Waals surface area contributed by atoms with Gasteiger partial charge in [-0.3, -0.25) is 4.79 Å². The number of hydrogen-bond acceptors (Lipinski definition) is 3. The van der Waals surface area contributed by atoms with Gasteiger partial charge in [-0.15, -0.1) is 0 Å². The first-order valence-corrected chi connectivity index (χ1v) is 5.68. The van der Waals surface area contributed by atoms with Crippen LogP contribution in [-0.2, 0) is 11.2 Å². The number of carbonyl (C=O) groups excluding carboxylic acids is 1. The molecule has 0 radical (unpaired) electrons. The fourth-order valence-corrected chi connectivity index (χ4v) is 1.49. The molecule has 0 aliphatic heterocycles. The van der Waals surface area contributed by atoms with Crippen LogP contribution < -0.4 is 4.74 Å². The topological polar surface area (TPSA) is 49.8 Å². The second-order valence-electron chi connectivity index (χ2n) is 4.18. The number of carbonyl (C=O) groups is 1. The molecule has 0 saturated heterocycles. The summed E-state index contributed by atoms with van der Waals surface area (Å²) in [6, 6.07) is 4.18. The number of aliphatic hydroxyl groups excluding tert-OH is 1. The van der Waals surface area contributed by atoms with Crippen LogP contribution in [0.15, 0.2) is 18.2 Å². The summed E-state index contributed by atoms with van der Waals surface area (Å²) >= 11 is 0. The number of hydrogen-bond donors (Lipinski definition) is 1. The van der Waals surface area contributed by atoms with Gasteiger partial charge in [0.05, 0.1) is 26.2 Å². The highest BCUT2D eigenvalue weighted by Gasteiger charge is 2.15. The molecule has 0 aromatic heterocycles. The van der Waals surface area contributed by atoms with E-state index in [0.29, 0.717) is 5.56 Å². The minimum atomic E-state index is -0.486. The zero-order valence-corrected chi connectivity index (χ0v) is 10.8. The van der Waals surface area contributed by atoms with Crippen LogP contribution in [0.4, 0.5) is 4.39 Å². The molecule has 0 heterocycles. The lowest BCUT2D eigenvalue weighted by Gasteiger charge is -2.23. The van der Waals surface area contributed by atoms with Gasteiger partial charge in [0.1, 0.15) is 0 Å². The molecule has 4 nitrogen and oxygen atoms in total. The highest BCUT2D eigenvalue weighted by Crippen LogP contribution is 2.18. The van der Waals surface area contributed by atoms with Gasteiger partial charge in [-0.25, -0.2) is 4.39 Å². The van der Waals surface area contributed by atoms with E-state index in [1.54, 1.807) is 20.0 Å². The first-order chi connectivity index (χ1) is 8.49. The van der Waals surface area contributed by atoms with Gasteiger partial charge >= 0.3 is 0 Å². The van der Waals surface area contributed by atoms with Gasteiger partial charge in [-0.1, -0.05) is 6.07 Å². The molecule has 1 aromatic carbocycles. The molecule has 0 aliphatic carbocycles. The Labute approximate surface area is 106 Å². The molecule has 1 unspecified atom stereocenters. The van der Waals surface area contributed by atoms with Crippen molar-refractivity contribution in [2.24, 2.45) is 0 Å². The van der Waals surface area contributed by atoms with Crippen molar-refractivity contribution in [2.45, 2.75) is 19.4 Å². The number of aliphatic hydroxyl groups is 1. The Morgan fingerprint density at radius 2 is 2.22 bits per heavy atom. The van der Waals surface area contributed by atoms with Gasteiger partial charge in [-0.05, 0) is 24.6 Å². The van der Waals surface area contributed by atoms with Crippen LogP contribution in [0, 0.1) is 5.82 Å². The first kappa shape index (κ1) is 14.4. The van der Waals surface area contributed by atoms with Gasteiger partial charge in [-0.2, -0.15) is 0 Å². The number of methoxy groups -OCH3 is 1. The fraction of sp³-hybridized carbons (Fsp3) is 0.462. The van der Waals surface area contributed by atoms with Gasteiger partial charge in [0.25, 0.3) is 0 Å². The highest BCUT2D eigenvalue weighted by molar-refractivity contribution is 5.78. The van der Waals surface area contributed by atoms with Crippen molar-refractivity contribution < 1.29 is 19.0 Å². The SMILES string of the molecule is COc1ccc(CC(=O)N(C)C(C)CO)cc1F. The normalized spacial score (nSPS) is 12.1. The monoisotopic (exact) mass is 255 g/mol. The van der Waals surface area contributed by atoms with Crippen molar-refractivity contribution in [1.82, 2.24) is 4.90 Å². The van der Waals surface area contributed by atoms with Gasteiger partial charge < -0.3 is 14.7 Å². The predicted molar refractivity (Wildman–Crippen MR) is 66.0 cm³/mol. The number of rotatable bonds is 5. The van der Waals surface area contributed by atoms with Crippen molar-refractivity contribution in [2.75, 3.05) is 20.8 Å². The summed E-state index contributed by atoms with van der Waals surface area (Å²) in [4.78, 5) is 13.3. The number of benzene rings is 1. The molecule has 0 aliphatic rings. The molecule has 100 valence electrons. The summed E-state index contributed by atoms with van der Waals surface area (Å²) in [7, 11) is 3.00. The van der Waals surface area contributed by atoms with E-state index in [9.17, 15) is 9.18 Å². The van der Waals surface area contributed by atoms with E-state index >= 15 is 0 Å². The van der Waals surface area contributed by atoms with Crippen molar-refractivity contribution in [3.63, 3.8) is 0 Å². The van der Waals surface area contributed by atoms with Crippen LogP contribution in [0.3, 0.4) is 0 Å². The third-order valence-corrected chi connectivity index (χ3v) is 2.89. The molecular formula is C13H18FNO3. The van der Waals surface area contributed by atoms with Crippen LogP contribution in [0.1, 0.15) is 12.5 Å². The quantitative estimate of drug-likeness (QED) is 0.860. The van der Waals surface area contributed by atoms with Crippen molar-refractivity contribution in [3.8, 4) is 5.75 Å². The van der Waals surface area contributed by atoms with E-state index in [-0.39, 0.29) is 30.7 Å². The summed E-state index contributed by atoms with van der Waals surface area (Å²) in [6.07, 6.45) is 0.0990. The minimum Gasteiger partial charge on any atom is -0.494 e. The molecule has 1 N–H and O–H groups in total. The lowest BCUT2D eigenvalue weighted by Crippen LogP contribution is -2.38. The number of nitrogens with zero attached hydrogens (tertiary/aromatic N) is 1. The Morgan fingerprint density at radius 3 is 2.72 bits per heavy atom. The molecule has 1 aromatic rings. The highest BCUT2D eigenvalue weighted by atomic mass is 19.1. The summed E-state index contributed by atoms with van der Waals surface area (Å²) in [6.45, 7) is 1.64. The average molecular weight is 255 g/mol. The first-order valence-electron chi connectivity index (χ1n) is 5.68. The van der Waals surface area contributed by atoms with Gasteiger partial charge in [0, 0.05) is 7.05 Å². The molecule has 1 atom stereocenters. The molecule has 0 saturated carbocycles.